The number of imide groups is 1. The van der Waals surface area contributed by atoms with Crippen molar-refractivity contribution in [3.8, 4) is 5.69 Å². The van der Waals surface area contributed by atoms with Gasteiger partial charge in [0.2, 0.25) is 11.8 Å². The Bertz CT molecular complexity index is 1410. The molecule has 0 aliphatic carbocycles. The van der Waals surface area contributed by atoms with Gasteiger partial charge in [0, 0.05) is 30.8 Å². The fourth-order valence-electron chi connectivity index (χ4n) is 4.78. The molecule has 1 atom stereocenters. The van der Waals surface area contributed by atoms with E-state index in [0.29, 0.717) is 24.2 Å². The van der Waals surface area contributed by atoms with E-state index >= 15 is 0 Å². The monoisotopic (exact) mass is 486 g/mol. The van der Waals surface area contributed by atoms with Crippen molar-refractivity contribution < 1.29 is 19.2 Å². The number of aryl methyl sites for hydroxylation is 1. The number of fused-ring (bicyclic) bond motifs is 1. The molecule has 0 radical (unpaired) electrons. The summed E-state index contributed by atoms with van der Waals surface area (Å²) in [7, 11) is 0. The molecule has 1 N–H and O–H groups in total. The molecule has 0 spiro atoms. The van der Waals surface area contributed by atoms with Gasteiger partial charge in [-0.2, -0.15) is 0 Å². The standard InChI is InChI=1S/C26H26N6O4/c1-4-30(21-7-5-6-15(2)16(21)3)26(36)20-14-32(29-28-20)18-8-9-19-17(12-18)13-31(25(19)35)22-10-11-23(33)27-24(22)34/h5-9,12,14,22H,4,10-11,13H2,1-3H3,(H,27,33,34). The zero-order valence-electron chi connectivity index (χ0n) is 20.3. The zero-order valence-corrected chi connectivity index (χ0v) is 20.3. The van der Waals surface area contributed by atoms with Crippen molar-refractivity contribution in [1.29, 1.82) is 0 Å². The first-order valence-corrected chi connectivity index (χ1v) is 11.9. The third-order valence-electron chi connectivity index (χ3n) is 6.91. The molecule has 10 nitrogen and oxygen atoms in total. The van der Waals surface area contributed by atoms with E-state index in [1.807, 2.05) is 45.0 Å². The third-order valence-corrected chi connectivity index (χ3v) is 6.91. The Morgan fingerprint density at radius 3 is 2.72 bits per heavy atom. The minimum Gasteiger partial charge on any atom is -0.322 e. The van der Waals surface area contributed by atoms with E-state index in [-0.39, 0.29) is 36.4 Å². The van der Waals surface area contributed by atoms with E-state index in [9.17, 15) is 19.2 Å². The number of rotatable bonds is 5. The van der Waals surface area contributed by atoms with Crippen molar-refractivity contribution in [3.63, 3.8) is 0 Å². The number of amides is 4. The summed E-state index contributed by atoms with van der Waals surface area (Å²) in [4.78, 5) is 53.2. The van der Waals surface area contributed by atoms with Crippen molar-refractivity contribution >= 4 is 29.3 Å². The number of piperidine rings is 1. The first-order valence-electron chi connectivity index (χ1n) is 11.9. The molecule has 0 bridgehead atoms. The van der Waals surface area contributed by atoms with Crippen molar-refractivity contribution in [1.82, 2.24) is 25.2 Å². The van der Waals surface area contributed by atoms with E-state index < -0.39 is 11.9 Å². The summed E-state index contributed by atoms with van der Waals surface area (Å²) in [5.74, 6) is -1.26. The zero-order chi connectivity index (χ0) is 25.6. The first kappa shape index (κ1) is 23.4. The number of nitrogens with one attached hydrogen (secondary N) is 1. The molecule has 36 heavy (non-hydrogen) atoms. The van der Waals surface area contributed by atoms with Crippen LogP contribution in [0.3, 0.4) is 0 Å². The number of anilines is 1. The molecule has 5 rings (SSSR count). The molecule has 184 valence electrons. The number of hydrogen-bond donors (Lipinski definition) is 1. The Morgan fingerprint density at radius 2 is 1.97 bits per heavy atom. The van der Waals surface area contributed by atoms with Gasteiger partial charge in [-0.25, -0.2) is 4.68 Å². The summed E-state index contributed by atoms with van der Waals surface area (Å²) in [5, 5.41) is 10.6. The molecule has 1 saturated heterocycles. The van der Waals surface area contributed by atoms with Crippen molar-refractivity contribution in [2.45, 2.75) is 46.2 Å². The maximum atomic E-state index is 13.3. The molecule has 2 aromatic carbocycles. The smallest absolute Gasteiger partial charge is 0.280 e. The van der Waals surface area contributed by atoms with E-state index in [1.54, 1.807) is 23.2 Å². The summed E-state index contributed by atoms with van der Waals surface area (Å²) in [5.41, 5.74) is 5.07. The average Bonchev–Trinajstić information content (AvgIpc) is 3.47. The van der Waals surface area contributed by atoms with Gasteiger partial charge in [-0.1, -0.05) is 17.3 Å². The van der Waals surface area contributed by atoms with Crippen LogP contribution in [0.15, 0.2) is 42.6 Å². The van der Waals surface area contributed by atoms with Crippen LogP contribution in [0, 0.1) is 13.8 Å². The van der Waals surface area contributed by atoms with Gasteiger partial charge in [-0.3, -0.25) is 24.5 Å². The fraction of sp³-hybridized carbons (Fsp3) is 0.308. The predicted octanol–water partition coefficient (Wildman–Crippen LogP) is 2.31. The average molecular weight is 487 g/mol. The number of benzene rings is 2. The lowest BCUT2D eigenvalue weighted by Crippen LogP contribution is -2.52. The fourth-order valence-corrected chi connectivity index (χ4v) is 4.78. The Labute approximate surface area is 207 Å². The molecule has 2 aliphatic rings. The SMILES string of the molecule is CCN(C(=O)c1cn(-c2ccc3c(c2)CN(C2CCC(=O)NC2=O)C3=O)nn1)c1cccc(C)c1C. The summed E-state index contributed by atoms with van der Waals surface area (Å²) < 4.78 is 1.50. The minimum atomic E-state index is -0.674. The van der Waals surface area contributed by atoms with Crippen LogP contribution in [0.1, 0.15) is 57.3 Å². The van der Waals surface area contributed by atoms with Gasteiger partial charge in [0.25, 0.3) is 11.8 Å². The van der Waals surface area contributed by atoms with Crippen LogP contribution in [0.4, 0.5) is 5.69 Å². The number of hydrogen-bond acceptors (Lipinski definition) is 6. The van der Waals surface area contributed by atoms with Gasteiger partial charge in [0.05, 0.1) is 11.9 Å². The van der Waals surface area contributed by atoms with Crippen LogP contribution in [0.2, 0.25) is 0 Å². The van der Waals surface area contributed by atoms with Crippen molar-refractivity contribution in [2.24, 2.45) is 0 Å². The Hall–Kier alpha value is -4.34. The Morgan fingerprint density at radius 1 is 1.17 bits per heavy atom. The number of aromatic nitrogens is 3. The molecule has 3 aromatic rings. The Balaban J connectivity index is 1.38. The maximum Gasteiger partial charge on any atom is 0.280 e. The highest BCUT2D eigenvalue weighted by molar-refractivity contribution is 6.06. The van der Waals surface area contributed by atoms with E-state index in [0.717, 1.165) is 22.4 Å². The van der Waals surface area contributed by atoms with Crippen molar-refractivity contribution in [3.05, 3.63) is 70.5 Å². The van der Waals surface area contributed by atoms with Crippen LogP contribution < -0.4 is 10.2 Å². The van der Waals surface area contributed by atoms with Crippen LogP contribution in [-0.2, 0) is 16.1 Å². The first-order chi connectivity index (χ1) is 17.3. The second-order valence-corrected chi connectivity index (χ2v) is 9.06. The van der Waals surface area contributed by atoms with Crippen LogP contribution >= 0.6 is 0 Å². The molecule has 3 heterocycles. The van der Waals surface area contributed by atoms with Gasteiger partial charge < -0.3 is 9.80 Å². The lowest BCUT2D eigenvalue weighted by atomic mass is 10.0. The van der Waals surface area contributed by atoms with Crippen LogP contribution in [0.25, 0.3) is 5.69 Å². The van der Waals surface area contributed by atoms with Crippen LogP contribution in [-0.4, -0.2) is 56.1 Å². The molecule has 1 aromatic heterocycles. The van der Waals surface area contributed by atoms with E-state index in [1.165, 1.54) is 9.58 Å². The highest BCUT2D eigenvalue weighted by Gasteiger charge is 2.39. The summed E-state index contributed by atoms with van der Waals surface area (Å²) >= 11 is 0. The summed E-state index contributed by atoms with van der Waals surface area (Å²) in [6, 6.07) is 10.4. The van der Waals surface area contributed by atoms with Gasteiger partial charge in [0.1, 0.15) is 6.04 Å². The van der Waals surface area contributed by atoms with Gasteiger partial charge in [-0.15, -0.1) is 5.10 Å². The van der Waals surface area contributed by atoms with E-state index in [2.05, 4.69) is 15.6 Å². The Kier molecular flexibility index (Phi) is 5.87. The molecule has 0 saturated carbocycles. The molecule has 1 unspecified atom stereocenters. The maximum absolute atomic E-state index is 13.3. The topological polar surface area (TPSA) is 118 Å². The normalized spacial score (nSPS) is 17.2. The molecular formula is C26H26N6O4. The minimum absolute atomic E-state index is 0.203. The van der Waals surface area contributed by atoms with Crippen molar-refractivity contribution in [2.75, 3.05) is 11.4 Å². The number of carbonyl (C=O) groups is 4. The molecule has 1 fully saturated rings. The van der Waals surface area contributed by atoms with Crippen LogP contribution in [0.5, 0.6) is 0 Å². The molecule has 2 aliphatic heterocycles. The molecular weight excluding hydrogens is 460 g/mol. The highest BCUT2D eigenvalue weighted by Crippen LogP contribution is 2.29. The molecule has 4 amide bonds. The van der Waals surface area contributed by atoms with Gasteiger partial charge in [-0.05, 0) is 68.1 Å². The number of nitrogens with zero attached hydrogens (tertiary/aromatic N) is 5. The summed E-state index contributed by atoms with van der Waals surface area (Å²) in [6.07, 6.45) is 2.08. The summed E-state index contributed by atoms with van der Waals surface area (Å²) in [6.45, 7) is 6.64. The second-order valence-electron chi connectivity index (χ2n) is 9.06. The predicted molar refractivity (Wildman–Crippen MR) is 131 cm³/mol. The largest absolute Gasteiger partial charge is 0.322 e. The third kappa shape index (κ3) is 3.94. The molecule has 10 heteroatoms. The highest BCUT2D eigenvalue weighted by atomic mass is 16.2. The lowest BCUT2D eigenvalue weighted by Gasteiger charge is -2.29. The lowest BCUT2D eigenvalue weighted by molar-refractivity contribution is -0.136. The quantitative estimate of drug-likeness (QED) is 0.553. The second kappa shape index (κ2) is 9.03. The van der Waals surface area contributed by atoms with Gasteiger partial charge in [0.15, 0.2) is 5.69 Å². The van der Waals surface area contributed by atoms with E-state index in [4.69, 9.17) is 0 Å². The number of carbonyl (C=O) groups excluding carboxylic acids is 4. The van der Waals surface area contributed by atoms with Gasteiger partial charge >= 0.3 is 0 Å².